The number of nitrogens with zero attached hydrogens (tertiary/aromatic N) is 2. The number of rotatable bonds is 5. The van der Waals surface area contributed by atoms with Gasteiger partial charge in [-0.3, -0.25) is 9.59 Å². The van der Waals surface area contributed by atoms with Crippen LogP contribution in [-0.4, -0.2) is 26.1 Å². The molecule has 1 aliphatic rings. The van der Waals surface area contributed by atoms with Gasteiger partial charge < -0.3 is 10.3 Å². The van der Waals surface area contributed by atoms with Crippen molar-refractivity contribution in [2.45, 2.75) is 36.6 Å². The summed E-state index contributed by atoms with van der Waals surface area (Å²) < 4.78 is 0. The molecule has 2 N–H and O–H groups in total. The zero-order valence-electron chi connectivity index (χ0n) is 14.7. The summed E-state index contributed by atoms with van der Waals surface area (Å²) in [5, 5.41) is 5.41. The minimum Gasteiger partial charge on any atom is -0.301 e. The highest BCUT2D eigenvalue weighted by Gasteiger charge is 2.21. The van der Waals surface area contributed by atoms with Crippen LogP contribution in [0.25, 0.3) is 11.3 Å². The molecule has 1 atom stereocenters. The number of hydrogen-bond acceptors (Lipinski definition) is 6. The number of carbonyl (C=O) groups is 1. The second-order valence-electron chi connectivity index (χ2n) is 6.30. The number of anilines is 1. The van der Waals surface area contributed by atoms with Crippen LogP contribution in [0.15, 0.2) is 45.7 Å². The van der Waals surface area contributed by atoms with Crippen molar-refractivity contribution in [2.75, 3.05) is 5.32 Å². The van der Waals surface area contributed by atoms with Crippen molar-refractivity contribution in [3.8, 4) is 11.3 Å². The summed E-state index contributed by atoms with van der Waals surface area (Å²) in [6, 6.07) is 9.82. The van der Waals surface area contributed by atoms with Gasteiger partial charge in [-0.05, 0) is 26.2 Å². The quantitative estimate of drug-likeness (QED) is 0.507. The third-order valence-corrected chi connectivity index (χ3v) is 6.12. The van der Waals surface area contributed by atoms with Crippen LogP contribution in [0.4, 0.5) is 5.13 Å². The van der Waals surface area contributed by atoms with Crippen LogP contribution < -0.4 is 10.9 Å². The molecular weight excluding hydrogens is 380 g/mol. The lowest BCUT2D eigenvalue weighted by molar-refractivity contribution is -0.115. The second-order valence-corrected chi connectivity index (χ2v) is 8.49. The number of H-pyrrole nitrogens is 1. The maximum atomic E-state index is 12.5. The number of fused-ring (bicyclic) bond motifs is 1. The van der Waals surface area contributed by atoms with E-state index < -0.39 is 5.25 Å². The fourth-order valence-electron chi connectivity index (χ4n) is 2.98. The lowest BCUT2D eigenvalue weighted by atomic mass is 10.2. The Morgan fingerprint density at radius 1 is 1.26 bits per heavy atom. The van der Waals surface area contributed by atoms with Gasteiger partial charge in [-0.2, -0.15) is 0 Å². The van der Waals surface area contributed by atoms with E-state index in [1.807, 2.05) is 35.7 Å². The van der Waals surface area contributed by atoms with Crippen molar-refractivity contribution in [3.05, 3.63) is 57.3 Å². The van der Waals surface area contributed by atoms with E-state index in [-0.39, 0.29) is 11.5 Å². The Labute approximate surface area is 164 Å². The fourth-order valence-corrected chi connectivity index (χ4v) is 4.51. The number of nitrogens with one attached hydrogen (secondary N) is 2. The predicted octanol–water partition coefficient (Wildman–Crippen LogP) is 3.50. The van der Waals surface area contributed by atoms with Crippen LogP contribution in [0.5, 0.6) is 0 Å². The van der Waals surface area contributed by atoms with Gasteiger partial charge in [0, 0.05) is 16.5 Å². The van der Waals surface area contributed by atoms with Gasteiger partial charge in [0.25, 0.3) is 5.56 Å². The summed E-state index contributed by atoms with van der Waals surface area (Å²) in [6.07, 6.45) is 2.57. The number of carbonyl (C=O) groups excluding carboxylic acids is 1. The molecule has 1 aromatic carbocycles. The molecule has 6 nitrogen and oxygen atoms in total. The molecular formula is C19H18N4O2S2. The molecule has 1 unspecified atom stereocenters. The van der Waals surface area contributed by atoms with E-state index in [1.165, 1.54) is 23.1 Å². The van der Waals surface area contributed by atoms with Crippen molar-refractivity contribution < 1.29 is 4.79 Å². The molecule has 138 valence electrons. The Bertz CT molecular complexity index is 1030. The average molecular weight is 399 g/mol. The van der Waals surface area contributed by atoms with Crippen LogP contribution in [0, 0.1) is 0 Å². The minimum atomic E-state index is -0.406. The standard InChI is InChI=1S/C19H18N4O2S2/c1-11(27-19-20-14-9-5-8-13(14)17(25)23-19)16(24)22-18-21-15(10-26-18)12-6-3-2-4-7-12/h2-4,6-7,10-11H,5,8-9H2,1H3,(H,20,23,25)(H,21,22,24). The van der Waals surface area contributed by atoms with E-state index in [2.05, 4.69) is 20.3 Å². The Hall–Kier alpha value is -2.45. The topological polar surface area (TPSA) is 87.7 Å². The molecule has 0 bridgehead atoms. The molecule has 0 fully saturated rings. The largest absolute Gasteiger partial charge is 0.301 e. The van der Waals surface area contributed by atoms with Crippen LogP contribution in [0.1, 0.15) is 24.6 Å². The monoisotopic (exact) mass is 398 g/mol. The third kappa shape index (κ3) is 3.96. The third-order valence-electron chi connectivity index (χ3n) is 4.38. The molecule has 0 spiro atoms. The summed E-state index contributed by atoms with van der Waals surface area (Å²) in [5.74, 6) is -0.169. The van der Waals surface area contributed by atoms with E-state index in [9.17, 15) is 9.59 Å². The van der Waals surface area contributed by atoms with Gasteiger partial charge in [0.15, 0.2) is 10.3 Å². The van der Waals surface area contributed by atoms with E-state index in [0.717, 1.165) is 41.8 Å². The van der Waals surface area contributed by atoms with Crippen molar-refractivity contribution in [1.29, 1.82) is 0 Å². The highest BCUT2D eigenvalue weighted by atomic mass is 32.2. The molecule has 0 saturated heterocycles. The Balaban J connectivity index is 1.42. The van der Waals surface area contributed by atoms with Crippen molar-refractivity contribution in [2.24, 2.45) is 0 Å². The van der Waals surface area contributed by atoms with E-state index in [0.29, 0.717) is 10.3 Å². The first-order valence-corrected chi connectivity index (χ1v) is 10.5. The number of benzene rings is 1. The summed E-state index contributed by atoms with van der Waals surface area (Å²) >= 11 is 2.64. The smallest absolute Gasteiger partial charge is 0.254 e. The van der Waals surface area contributed by atoms with Crippen molar-refractivity contribution in [3.63, 3.8) is 0 Å². The Kier molecular flexibility index (Phi) is 5.09. The van der Waals surface area contributed by atoms with Gasteiger partial charge in [0.05, 0.1) is 16.6 Å². The first-order chi connectivity index (χ1) is 13.1. The molecule has 1 aliphatic carbocycles. The Morgan fingerprint density at radius 3 is 2.89 bits per heavy atom. The summed E-state index contributed by atoms with van der Waals surface area (Å²) in [7, 11) is 0. The van der Waals surface area contributed by atoms with Gasteiger partial charge in [-0.15, -0.1) is 11.3 Å². The minimum absolute atomic E-state index is 0.0833. The molecule has 1 amide bonds. The molecule has 2 aromatic heterocycles. The lowest BCUT2D eigenvalue weighted by Crippen LogP contribution is -2.23. The van der Waals surface area contributed by atoms with Gasteiger partial charge in [-0.25, -0.2) is 9.97 Å². The fraction of sp³-hybridized carbons (Fsp3) is 0.263. The molecule has 0 radical (unpaired) electrons. The maximum Gasteiger partial charge on any atom is 0.254 e. The van der Waals surface area contributed by atoms with Gasteiger partial charge in [0.2, 0.25) is 5.91 Å². The average Bonchev–Trinajstić information content (AvgIpc) is 3.32. The molecule has 2 heterocycles. The Morgan fingerprint density at radius 2 is 2.07 bits per heavy atom. The zero-order valence-corrected chi connectivity index (χ0v) is 16.3. The lowest BCUT2D eigenvalue weighted by Gasteiger charge is -2.10. The highest BCUT2D eigenvalue weighted by molar-refractivity contribution is 8.00. The van der Waals surface area contributed by atoms with Gasteiger partial charge in [0.1, 0.15) is 0 Å². The number of aryl methyl sites for hydroxylation is 1. The van der Waals surface area contributed by atoms with E-state index >= 15 is 0 Å². The van der Waals surface area contributed by atoms with Crippen LogP contribution in [0.2, 0.25) is 0 Å². The SMILES string of the molecule is CC(Sc1nc2c(c(=O)[nH]1)CCC2)C(=O)Nc1nc(-c2ccccc2)cs1. The number of thioether (sulfide) groups is 1. The van der Waals surface area contributed by atoms with Crippen molar-refractivity contribution in [1.82, 2.24) is 15.0 Å². The summed E-state index contributed by atoms with van der Waals surface area (Å²) in [6.45, 7) is 1.79. The summed E-state index contributed by atoms with van der Waals surface area (Å²) in [5.41, 5.74) is 3.41. The normalized spacial score (nSPS) is 14.0. The van der Waals surface area contributed by atoms with E-state index in [1.54, 1.807) is 6.92 Å². The second kappa shape index (κ2) is 7.66. The summed E-state index contributed by atoms with van der Waals surface area (Å²) in [4.78, 5) is 36.4. The number of aromatic nitrogens is 3. The van der Waals surface area contributed by atoms with E-state index in [4.69, 9.17) is 0 Å². The van der Waals surface area contributed by atoms with Gasteiger partial charge in [-0.1, -0.05) is 42.1 Å². The van der Waals surface area contributed by atoms with Gasteiger partial charge >= 0.3 is 0 Å². The molecule has 4 rings (SSSR count). The zero-order chi connectivity index (χ0) is 18.8. The van der Waals surface area contributed by atoms with Crippen LogP contribution in [0.3, 0.4) is 0 Å². The molecule has 8 heteroatoms. The first-order valence-electron chi connectivity index (χ1n) is 8.70. The number of amides is 1. The molecule has 0 aliphatic heterocycles. The first kappa shape index (κ1) is 17.9. The maximum absolute atomic E-state index is 12.5. The molecule has 0 saturated carbocycles. The van der Waals surface area contributed by atoms with Crippen LogP contribution in [-0.2, 0) is 17.6 Å². The molecule has 3 aromatic rings. The van der Waals surface area contributed by atoms with Crippen molar-refractivity contribution >= 4 is 34.1 Å². The number of aromatic amines is 1. The number of thiazole rings is 1. The predicted molar refractivity (Wildman–Crippen MR) is 108 cm³/mol. The molecule has 27 heavy (non-hydrogen) atoms. The van der Waals surface area contributed by atoms with Crippen LogP contribution >= 0.6 is 23.1 Å². The highest BCUT2D eigenvalue weighted by Crippen LogP contribution is 2.27. The number of hydrogen-bond donors (Lipinski definition) is 2.